The average molecular weight is 481 g/mol. The molecule has 1 aliphatic rings. The largest absolute Gasteiger partial charge is 0.463 e. The van der Waals surface area contributed by atoms with E-state index in [0.29, 0.717) is 13.0 Å². The van der Waals surface area contributed by atoms with Crippen LogP contribution in [0.1, 0.15) is 56.7 Å². The highest BCUT2D eigenvalue weighted by Crippen LogP contribution is 2.28. The second-order valence-corrected chi connectivity index (χ2v) is 8.36. The Hall–Kier alpha value is -4.08. The molecule has 0 aromatic heterocycles. The molecule has 1 unspecified atom stereocenters. The van der Waals surface area contributed by atoms with Crippen LogP contribution in [-0.4, -0.2) is 46.1 Å². The van der Waals surface area contributed by atoms with Gasteiger partial charge in [0, 0.05) is 25.3 Å². The minimum Gasteiger partial charge on any atom is -0.463 e. The van der Waals surface area contributed by atoms with Crippen molar-refractivity contribution < 1.29 is 24.0 Å². The molecular weight excluding hydrogens is 452 g/mol. The zero-order valence-corrected chi connectivity index (χ0v) is 19.7. The third-order valence-electron chi connectivity index (χ3n) is 5.34. The molecule has 0 bridgehead atoms. The molecule has 0 saturated heterocycles. The highest BCUT2D eigenvalue weighted by atomic mass is 16.6. The molecule has 35 heavy (non-hydrogen) atoms. The van der Waals surface area contributed by atoms with Gasteiger partial charge in [-0.25, -0.2) is 5.01 Å². The van der Waals surface area contributed by atoms with E-state index in [1.807, 2.05) is 30.3 Å². The third-order valence-corrected chi connectivity index (χ3v) is 5.34. The summed E-state index contributed by atoms with van der Waals surface area (Å²) in [4.78, 5) is 48.5. The van der Waals surface area contributed by atoms with Crippen molar-refractivity contribution in [2.75, 3.05) is 6.54 Å². The number of hydrogen-bond donors (Lipinski definition) is 1. The number of para-hydroxylation sites is 1. The van der Waals surface area contributed by atoms with Gasteiger partial charge in [0.2, 0.25) is 11.8 Å². The van der Waals surface area contributed by atoms with Crippen molar-refractivity contribution in [2.45, 2.75) is 51.7 Å². The number of nitrogens with zero attached hydrogens (tertiary/aromatic N) is 3. The summed E-state index contributed by atoms with van der Waals surface area (Å²) in [7, 11) is 0. The summed E-state index contributed by atoms with van der Waals surface area (Å²) in [6.07, 6.45) is -0.262. The molecule has 1 atom stereocenters. The first kappa shape index (κ1) is 25.5. The number of esters is 1. The van der Waals surface area contributed by atoms with Gasteiger partial charge in [-0.2, -0.15) is 5.10 Å². The molecular formula is C25H28N4O6. The first-order valence-electron chi connectivity index (χ1n) is 11.4. The molecule has 3 rings (SSSR count). The molecule has 0 spiro atoms. The summed E-state index contributed by atoms with van der Waals surface area (Å²) in [6.45, 7) is 3.81. The molecule has 2 aromatic rings. The number of nitrogens with one attached hydrogen (secondary N) is 1. The van der Waals surface area contributed by atoms with Gasteiger partial charge in [0.1, 0.15) is 0 Å². The van der Waals surface area contributed by atoms with Crippen LogP contribution in [0.3, 0.4) is 0 Å². The van der Waals surface area contributed by atoms with Gasteiger partial charge in [0.25, 0.3) is 5.69 Å². The monoisotopic (exact) mass is 480 g/mol. The second-order valence-electron chi connectivity index (χ2n) is 8.36. The van der Waals surface area contributed by atoms with Crippen molar-refractivity contribution in [3.05, 3.63) is 75.8 Å². The Balaban J connectivity index is 1.64. The Labute approximate surface area is 203 Å². The smallest absolute Gasteiger partial charge is 0.308 e. The summed E-state index contributed by atoms with van der Waals surface area (Å²) >= 11 is 0. The van der Waals surface area contributed by atoms with E-state index in [4.69, 9.17) is 4.74 Å². The number of nitro benzene ring substituents is 1. The van der Waals surface area contributed by atoms with Crippen LogP contribution in [0.15, 0.2) is 59.7 Å². The number of ether oxygens (including phenoxy) is 1. The molecule has 1 heterocycles. The van der Waals surface area contributed by atoms with Crippen LogP contribution in [0.25, 0.3) is 0 Å². The minimum absolute atomic E-state index is 0.0859. The zero-order valence-electron chi connectivity index (χ0n) is 19.7. The molecule has 1 N–H and O–H groups in total. The maximum Gasteiger partial charge on any atom is 0.308 e. The van der Waals surface area contributed by atoms with Gasteiger partial charge in [0.15, 0.2) is 0 Å². The summed E-state index contributed by atoms with van der Waals surface area (Å²) in [5.74, 6) is -1.41. The molecule has 10 nitrogen and oxygen atoms in total. The molecule has 0 saturated carbocycles. The lowest BCUT2D eigenvalue weighted by molar-refractivity contribution is -0.385. The molecule has 10 heteroatoms. The summed E-state index contributed by atoms with van der Waals surface area (Å²) < 4.78 is 5.16. The van der Waals surface area contributed by atoms with Crippen LogP contribution in [0, 0.1) is 10.1 Å². The average Bonchev–Trinajstić information content (AvgIpc) is 3.33. The Kier molecular flexibility index (Phi) is 8.66. The quantitative estimate of drug-likeness (QED) is 0.314. The van der Waals surface area contributed by atoms with Crippen LogP contribution in [0.4, 0.5) is 5.69 Å². The predicted molar refractivity (Wildman–Crippen MR) is 128 cm³/mol. The second kappa shape index (κ2) is 11.9. The van der Waals surface area contributed by atoms with E-state index in [2.05, 4.69) is 10.4 Å². The minimum atomic E-state index is -0.972. The van der Waals surface area contributed by atoms with Gasteiger partial charge in [-0.1, -0.05) is 48.5 Å². The third kappa shape index (κ3) is 7.20. The van der Waals surface area contributed by atoms with Gasteiger partial charge in [0.05, 0.1) is 41.3 Å². The number of carbonyl (C=O) groups is 3. The van der Waals surface area contributed by atoms with Crippen molar-refractivity contribution >= 4 is 29.2 Å². The van der Waals surface area contributed by atoms with Crippen molar-refractivity contribution in [3.8, 4) is 0 Å². The molecule has 184 valence electrons. The van der Waals surface area contributed by atoms with Gasteiger partial charge in [-0.05, 0) is 19.4 Å². The van der Waals surface area contributed by atoms with Crippen molar-refractivity contribution in [3.63, 3.8) is 0 Å². The normalized spacial score (nSPS) is 13.8. The van der Waals surface area contributed by atoms with E-state index in [-0.39, 0.29) is 42.5 Å². The fraction of sp³-hybridized carbons (Fsp3) is 0.360. The van der Waals surface area contributed by atoms with Crippen LogP contribution in [0.5, 0.6) is 0 Å². The predicted octanol–water partition coefficient (Wildman–Crippen LogP) is 3.51. The Bertz CT molecular complexity index is 1120. The fourth-order valence-corrected chi connectivity index (χ4v) is 3.75. The van der Waals surface area contributed by atoms with E-state index in [1.54, 1.807) is 19.9 Å². The highest BCUT2D eigenvalue weighted by Gasteiger charge is 2.27. The van der Waals surface area contributed by atoms with Crippen LogP contribution in [0.2, 0.25) is 0 Å². The molecule has 0 aliphatic carbocycles. The summed E-state index contributed by atoms with van der Waals surface area (Å²) in [6, 6.07) is 14.5. The number of hydrogen-bond acceptors (Lipinski definition) is 7. The van der Waals surface area contributed by atoms with Crippen LogP contribution in [-0.2, 0) is 19.1 Å². The van der Waals surface area contributed by atoms with Gasteiger partial charge >= 0.3 is 5.97 Å². The molecule has 0 radical (unpaired) electrons. The first-order valence-corrected chi connectivity index (χ1v) is 11.4. The van der Waals surface area contributed by atoms with Gasteiger partial charge in [-0.3, -0.25) is 24.5 Å². The van der Waals surface area contributed by atoms with Crippen molar-refractivity contribution in [1.82, 2.24) is 10.3 Å². The summed E-state index contributed by atoms with van der Waals surface area (Å²) in [5.41, 5.74) is 1.73. The maximum atomic E-state index is 12.7. The summed E-state index contributed by atoms with van der Waals surface area (Å²) in [5, 5.41) is 19.9. The number of hydrazone groups is 1. The number of benzene rings is 2. The Morgan fingerprint density at radius 2 is 1.77 bits per heavy atom. The van der Waals surface area contributed by atoms with Crippen LogP contribution < -0.4 is 5.32 Å². The Morgan fingerprint density at radius 3 is 2.46 bits per heavy atom. The lowest BCUT2D eigenvalue weighted by atomic mass is 10.0. The van der Waals surface area contributed by atoms with E-state index >= 15 is 0 Å². The van der Waals surface area contributed by atoms with E-state index in [0.717, 1.165) is 11.3 Å². The SMILES string of the molecule is CC(C)OC(=O)CC(NC(=O)CCC(=O)N1CCC(c2ccccc2)=N1)c1ccccc1[N+](=O)[O-]. The molecule has 0 fully saturated rings. The standard InChI is InChI=1S/C25H28N4O6/c1-17(2)35-25(32)16-21(19-10-6-7-11-22(19)29(33)34)26-23(30)12-13-24(31)28-15-14-20(27-28)18-8-4-3-5-9-18/h3-11,17,21H,12-16H2,1-2H3,(H,26,30). The number of rotatable bonds is 10. The maximum absolute atomic E-state index is 12.7. The topological polar surface area (TPSA) is 131 Å². The van der Waals surface area contributed by atoms with Crippen LogP contribution >= 0.6 is 0 Å². The van der Waals surface area contributed by atoms with E-state index in [9.17, 15) is 24.5 Å². The van der Waals surface area contributed by atoms with Gasteiger partial charge in [-0.15, -0.1) is 0 Å². The molecule has 2 amide bonds. The van der Waals surface area contributed by atoms with E-state index in [1.165, 1.54) is 23.2 Å². The van der Waals surface area contributed by atoms with Gasteiger partial charge < -0.3 is 10.1 Å². The fourth-order valence-electron chi connectivity index (χ4n) is 3.75. The van der Waals surface area contributed by atoms with Crippen molar-refractivity contribution in [2.24, 2.45) is 5.10 Å². The highest BCUT2D eigenvalue weighted by molar-refractivity contribution is 6.02. The molecule has 1 aliphatic heterocycles. The van der Waals surface area contributed by atoms with Crippen molar-refractivity contribution in [1.29, 1.82) is 0 Å². The lowest BCUT2D eigenvalue weighted by Gasteiger charge is -2.19. The van der Waals surface area contributed by atoms with E-state index < -0.39 is 22.8 Å². The zero-order chi connectivity index (χ0) is 25.4. The molecule has 2 aromatic carbocycles. The number of nitro groups is 1. The number of carbonyl (C=O) groups excluding carboxylic acids is 3. The number of amides is 2. The Morgan fingerprint density at radius 1 is 1.09 bits per heavy atom. The lowest BCUT2D eigenvalue weighted by Crippen LogP contribution is -2.32. The first-order chi connectivity index (χ1) is 16.7.